The second-order valence-corrected chi connectivity index (χ2v) is 12.1. The Labute approximate surface area is 169 Å². The minimum Gasteiger partial charge on any atom is -0.398 e. The van der Waals surface area contributed by atoms with Crippen LogP contribution in [0.3, 0.4) is 0 Å². The van der Waals surface area contributed by atoms with Gasteiger partial charge in [0.05, 0.1) is 0 Å². The fraction of sp³-hybridized carbons (Fsp3) is 1.00. The van der Waals surface area contributed by atoms with Crippen molar-refractivity contribution >= 4 is 8.56 Å². The van der Waals surface area contributed by atoms with Crippen molar-refractivity contribution in [3.05, 3.63) is 0 Å². The minimum atomic E-state index is -2.10. The van der Waals surface area contributed by atoms with Crippen LogP contribution in [-0.2, 0) is 8.85 Å². The molecule has 0 saturated carbocycles. The van der Waals surface area contributed by atoms with Gasteiger partial charge >= 0.3 is 8.56 Å². The summed E-state index contributed by atoms with van der Waals surface area (Å²) in [7, 11) is 3.65. The van der Waals surface area contributed by atoms with Gasteiger partial charge in [-0.15, -0.1) is 0 Å². The number of hydrogen-bond acceptors (Lipinski definition) is 4. The average molecular weight is 409 g/mol. The molecule has 0 aromatic rings. The van der Waals surface area contributed by atoms with Gasteiger partial charge in [-0.3, -0.25) is 0 Å². The van der Waals surface area contributed by atoms with Crippen LogP contribution < -0.4 is 0 Å². The van der Waals surface area contributed by atoms with Gasteiger partial charge in [0.1, 0.15) is 52.0 Å². The van der Waals surface area contributed by atoms with E-state index >= 15 is 0 Å². The van der Waals surface area contributed by atoms with Gasteiger partial charge in [0, 0.05) is 20.6 Å². The van der Waals surface area contributed by atoms with E-state index in [9.17, 15) is 10.2 Å². The lowest BCUT2D eigenvalue weighted by Crippen LogP contribution is -2.74. The van der Waals surface area contributed by atoms with Crippen molar-refractivity contribution in [2.75, 3.05) is 54.0 Å². The zero-order valence-corrected chi connectivity index (χ0v) is 20.3. The van der Waals surface area contributed by atoms with Crippen molar-refractivity contribution in [2.45, 2.75) is 78.2 Å². The number of hydrogen-bond donors (Lipinski definition) is 2. The van der Waals surface area contributed by atoms with Gasteiger partial charge in [-0.2, -0.15) is 9.18 Å². The van der Waals surface area contributed by atoms with E-state index in [-0.39, 0.29) is 12.2 Å². The van der Waals surface area contributed by atoms with Gasteiger partial charge in [0.25, 0.3) is 0 Å². The maximum Gasteiger partial charge on any atom is 0.334 e. The molecule has 3 atom stereocenters. The largest absolute Gasteiger partial charge is 0.398 e. The first-order valence-corrected chi connectivity index (χ1v) is 13.3. The monoisotopic (exact) mass is 408 g/mol. The fourth-order valence-electron chi connectivity index (χ4n) is 4.40. The predicted octanol–water partition coefficient (Wildman–Crippen LogP) is 2.89. The molecular formula is C20H48N2O4Si+2. The van der Waals surface area contributed by atoms with E-state index < -0.39 is 8.56 Å². The van der Waals surface area contributed by atoms with E-state index in [4.69, 9.17) is 8.85 Å². The molecule has 0 rings (SSSR count). The Kier molecular flexibility index (Phi) is 12.5. The lowest BCUT2D eigenvalue weighted by atomic mass is 10.2. The summed E-state index contributed by atoms with van der Waals surface area (Å²) in [5, 5.41) is 20.9. The molecule has 0 aromatic carbocycles. The molecule has 0 aliphatic rings. The normalized spacial score (nSPS) is 17.6. The highest BCUT2D eigenvalue weighted by Gasteiger charge is 2.48. The van der Waals surface area contributed by atoms with Crippen LogP contribution in [0.5, 0.6) is 0 Å². The molecule has 27 heavy (non-hydrogen) atoms. The SMILES string of the molecule is CCC[N+](CCC)(CC(O)CC)[N+](C)(CCC[Si](C)(OC)OC)CC(C)O. The van der Waals surface area contributed by atoms with Crippen molar-refractivity contribution in [3.8, 4) is 0 Å². The van der Waals surface area contributed by atoms with Crippen LogP contribution in [0.2, 0.25) is 12.6 Å². The van der Waals surface area contributed by atoms with Gasteiger partial charge in [-0.1, -0.05) is 20.8 Å². The van der Waals surface area contributed by atoms with Crippen LogP contribution in [-0.4, -0.2) is 94.2 Å². The highest BCUT2D eigenvalue weighted by molar-refractivity contribution is 6.65. The molecule has 0 spiro atoms. The summed E-state index contributed by atoms with van der Waals surface area (Å²) in [6.07, 6.45) is 3.18. The van der Waals surface area contributed by atoms with Crippen LogP contribution in [0.25, 0.3) is 0 Å². The van der Waals surface area contributed by atoms with E-state index in [1.807, 2.05) is 13.8 Å². The first-order chi connectivity index (χ1) is 12.6. The predicted molar refractivity (Wildman–Crippen MR) is 114 cm³/mol. The van der Waals surface area contributed by atoms with E-state index in [1.54, 1.807) is 14.2 Å². The Balaban J connectivity index is 5.72. The maximum atomic E-state index is 10.6. The summed E-state index contributed by atoms with van der Waals surface area (Å²) >= 11 is 0. The minimum absolute atomic E-state index is 0.313. The zero-order chi connectivity index (χ0) is 21.1. The molecule has 0 heterocycles. The van der Waals surface area contributed by atoms with E-state index in [2.05, 4.69) is 27.4 Å². The number of quaternary nitrogens is 2. The Morgan fingerprint density at radius 2 is 1.44 bits per heavy atom. The summed E-state index contributed by atoms with van der Waals surface area (Å²) in [4.78, 5) is 0. The van der Waals surface area contributed by atoms with Crippen LogP contribution >= 0.6 is 0 Å². The topological polar surface area (TPSA) is 58.9 Å². The second kappa shape index (κ2) is 12.5. The van der Waals surface area contributed by atoms with Gasteiger partial charge in [-0.25, -0.2) is 0 Å². The van der Waals surface area contributed by atoms with Crippen LogP contribution in [0.4, 0.5) is 0 Å². The van der Waals surface area contributed by atoms with Crippen LogP contribution in [0, 0.1) is 0 Å². The van der Waals surface area contributed by atoms with Crippen molar-refractivity contribution < 1.29 is 28.2 Å². The van der Waals surface area contributed by atoms with Crippen molar-refractivity contribution in [3.63, 3.8) is 0 Å². The number of rotatable bonds is 16. The Hall–Kier alpha value is -0.0231. The lowest BCUT2D eigenvalue weighted by molar-refractivity contribution is -1.49. The first-order valence-electron chi connectivity index (χ1n) is 10.7. The molecule has 0 radical (unpaired) electrons. The Bertz CT molecular complexity index is 388. The first kappa shape index (κ1) is 27.0. The van der Waals surface area contributed by atoms with Gasteiger partial charge in [0.15, 0.2) is 0 Å². The highest BCUT2D eigenvalue weighted by atomic mass is 28.4. The summed E-state index contributed by atoms with van der Waals surface area (Å²) in [5.41, 5.74) is 0. The number of nitrogens with zero attached hydrogens (tertiary/aromatic N) is 2. The molecule has 7 heteroatoms. The summed E-state index contributed by atoms with van der Waals surface area (Å²) in [6.45, 7) is 14.9. The molecule has 0 aromatic heterocycles. The van der Waals surface area contributed by atoms with Crippen LogP contribution in [0.15, 0.2) is 0 Å². The molecule has 0 bridgehead atoms. The maximum absolute atomic E-state index is 10.6. The molecule has 0 aliphatic carbocycles. The molecule has 2 N–H and O–H groups in total. The Morgan fingerprint density at radius 1 is 0.926 bits per heavy atom. The quantitative estimate of drug-likeness (QED) is 0.234. The summed E-state index contributed by atoms with van der Waals surface area (Å²) < 4.78 is 12.9. The summed E-state index contributed by atoms with van der Waals surface area (Å²) in [5.74, 6) is 0. The highest BCUT2D eigenvalue weighted by Crippen LogP contribution is 2.27. The number of likely N-dealkylation sites (N-methyl/N-ethyl adjacent to an activating group) is 1. The van der Waals surface area contributed by atoms with E-state index in [1.165, 1.54) is 0 Å². The molecule has 6 nitrogen and oxygen atoms in total. The van der Waals surface area contributed by atoms with E-state index in [0.717, 1.165) is 67.1 Å². The second-order valence-electron chi connectivity index (χ2n) is 8.53. The van der Waals surface area contributed by atoms with Gasteiger partial charge in [-0.05, 0) is 38.8 Å². The van der Waals surface area contributed by atoms with Crippen molar-refractivity contribution in [1.29, 1.82) is 0 Å². The molecule has 0 saturated heterocycles. The fourth-order valence-corrected chi connectivity index (χ4v) is 5.78. The lowest BCUT2D eigenvalue weighted by Gasteiger charge is -2.53. The molecule has 0 fully saturated rings. The van der Waals surface area contributed by atoms with Crippen molar-refractivity contribution in [2.24, 2.45) is 0 Å². The molecule has 3 unspecified atom stereocenters. The molecule has 0 aliphatic heterocycles. The van der Waals surface area contributed by atoms with Gasteiger partial charge in [0.2, 0.25) is 0 Å². The molecular weight excluding hydrogens is 360 g/mol. The third kappa shape index (κ3) is 8.09. The third-order valence-electron chi connectivity index (χ3n) is 6.12. The van der Waals surface area contributed by atoms with Crippen molar-refractivity contribution in [1.82, 2.24) is 0 Å². The van der Waals surface area contributed by atoms with Gasteiger partial charge < -0.3 is 19.1 Å². The number of aliphatic hydroxyl groups excluding tert-OH is 2. The summed E-state index contributed by atoms with van der Waals surface area (Å²) in [6, 6.07) is 0.933. The smallest absolute Gasteiger partial charge is 0.334 e. The number of aliphatic hydroxyl groups is 2. The Morgan fingerprint density at radius 3 is 1.81 bits per heavy atom. The molecule has 164 valence electrons. The van der Waals surface area contributed by atoms with Crippen LogP contribution in [0.1, 0.15) is 53.4 Å². The third-order valence-corrected chi connectivity index (χ3v) is 9.11. The molecule has 0 amide bonds. The zero-order valence-electron chi connectivity index (χ0n) is 19.3. The van der Waals surface area contributed by atoms with E-state index in [0.29, 0.717) is 6.54 Å². The standard InChI is InChI=1S/C20H48N2O4Si/c1-9-13-22(14-10-2,18-20(24)11-3)21(5,17-19(4)23)15-12-16-27(8,25-6)26-7/h19-20,23-24H,9-18H2,1-8H3/q+2. The average Bonchev–Trinajstić information content (AvgIpc) is 2.60.